The molecule has 2 unspecified atom stereocenters. The van der Waals surface area contributed by atoms with Gasteiger partial charge in [-0.15, -0.1) is 0 Å². The number of sulfonamides is 1. The number of benzene rings is 3. The average Bonchev–Trinajstić information content (AvgIpc) is 3.76. The van der Waals surface area contributed by atoms with Crippen LogP contribution in [0.3, 0.4) is 0 Å². The largest absolute Gasteiger partial charge is 0.480 e. The van der Waals surface area contributed by atoms with Crippen molar-refractivity contribution in [3.8, 4) is 11.1 Å². The molecule has 0 bridgehead atoms. The molecule has 1 amide bonds. The summed E-state index contributed by atoms with van der Waals surface area (Å²) in [6.45, 7) is 5.76. The minimum absolute atomic E-state index is 0.0339. The maximum Gasteiger partial charge on any atom is 0.410 e. The summed E-state index contributed by atoms with van der Waals surface area (Å²) in [5.74, 6) is -3.09. The van der Waals surface area contributed by atoms with E-state index in [9.17, 15) is 33.0 Å². The van der Waals surface area contributed by atoms with E-state index in [-0.39, 0.29) is 29.3 Å². The second-order valence-corrected chi connectivity index (χ2v) is 15.2. The molecule has 2 N–H and O–H groups in total. The lowest BCUT2D eigenvalue weighted by Crippen LogP contribution is -2.50. The van der Waals surface area contributed by atoms with E-state index < -0.39 is 45.1 Å². The van der Waals surface area contributed by atoms with Crippen LogP contribution in [-0.2, 0) is 26.1 Å². The van der Waals surface area contributed by atoms with E-state index in [0.29, 0.717) is 36.5 Å². The lowest BCUT2D eigenvalue weighted by atomic mass is 9.89. The highest BCUT2D eigenvalue weighted by Crippen LogP contribution is 2.57. The van der Waals surface area contributed by atoms with E-state index in [1.165, 1.54) is 30.3 Å². The summed E-state index contributed by atoms with van der Waals surface area (Å²) in [4.78, 5) is 38.9. The molecule has 46 heavy (non-hydrogen) atoms. The van der Waals surface area contributed by atoms with E-state index in [2.05, 4.69) is 0 Å². The maximum atomic E-state index is 14.4. The molecule has 1 saturated carbocycles. The van der Waals surface area contributed by atoms with Crippen LogP contribution in [-0.4, -0.2) is 70.1 Å². The van der Waals surface area contributed by atoms with Crippen LogP contribution in [0.15, 0.2) is 77.7 Å². The second-order valence-electron chi connectivity index (χ2n) is 12.9. The van der Waals surface area contributed by atoms with Gasteiger partial charge in [-0.3, -0.25) is 4.79 Å². The molecule has 1 saturated heterocycles. The van der Waals surface area contributed by atoms with Crippen LogP contribution in [0.2, 0.25) is 5.02 Å². The summed E-state index contributed by atoms with van der Waals surface area (Å²) in [6.07, 6.45) is 0.657. The number of hydrogen-bond acceptors (Lipinski definition) is 6. The summed E-state index contributed by atoms with van der Waals surface area (Å²) in [5, 5.41) is 20.8. The van der Waals surface area contributed by atoms with Crippen molar-refractivity contribution in [3.63, 3.8) is 0 Å². The van der Waals surface area contributed by atoms with Crippen LogP contribution in [0, 0.1) is 11.8 Å². The third-order valence-electron chi connectivity index (χ3n) is 8.68. The molecule has 2 fully saturated rings. The first kappa shape index (κ1) is 33.4. The van der Waals surface area contributed by atoms with Gasteiger partial charge in [0.05, 0.1) is 10.5 Å². The van der Waals surface area contributed by atoms with E-state index in [4.69, 9.17) is 16.3 Å². The third-order valence-corrected chi connectivity index (χ3v) is 10.8. The van der Waals surface area contributed by atoms with Crippen molar-refractivity contribution in [2.75, 3.05) is 13.1 Å². The highest BCUT2D eigenvalue weighted by Gasteiger charge is 2.69. The molecule has 0 aromatic heterocycles. The predicted molar refractivity (Wildman–Crippen MR) is 172 cm³/mol. The second kappa shape index (κ2) is 12.7. The molecule has 3 aromatic carbocycles. The zero-order valence-electron chi connectivity index (χ0n) is 25.9. The molecule has 3 aromatic rings. The molecule has 5 rings (SSSR count). The number of hydrogen-bond donors (Lipinski definition) is 2. The van der Waals surface area contributed by atoms with E-state index in [0.717, 1.165) is 15.4 Å². The molecule has 0 spiro atoms. The number of carbonyl (C=O) groups excluding carboxylic acids is 1. The van der Waals surface area contributed by atoms with Gasteiger partial charge in [0.15, 0.2) is 0 Å². The summed E-state index contributed by atoms with van der Waals surface area (Å²) < 4.78 is 35.3. The zero-order chi connectivity index (χ0) is 33.4. The van der Waals surface area contributed by atoms with Crippen LogP contribution in [0.4, 0.5) is 4.79 Å². The molecule has 1 aliphatic carbocycles. The number of carbonyl (C=O) groups is 3. The van der Waals surface area contributed by atoms with Crippen molar-refractivity contribution in [3.05, 3.63) is 88.9 Å². The number of likely N-dealkylation sites (tertiary alicyclic amines) is 1. The zero-order valence-corrected chi connectivity index (χ0v) is 27.4. The number of amides is 1. The number of nitrogens with zero attached hydrogens (tertiary/aromatic N) is 2. The Morgan fingerprint density at radius 2 is 1.54 bits per heavy atom. The van der Waals surface area contributed by atoms with Gasteiger partial charge in [0.2, 0.25) is 10.0 Å². The first-order valence-electron chi connectivity index (χ1n) is 15.0. The monoisotopic (exact) mass is 668 g/mol. The fourth-order valence-electron chi connectivity index (χ4n) is 6.28. The highest BCUT2D eigenvalue weighted by molar-refractivity contribution is 7.89. The van der Waals surface area contributed by atoms with Gasteiger partial charge >= 0.3 is 18.0 Å². The van der Waals surface area contributed by atoms with Gasteiger partial charge in [-0.1, -0.05) is 48.0 Å². The van der Waals surface area contributed by atoms with Crippen molar-refractivity contribution in [1.29, 1.82) is 0 Å². The topological polar surface area (TPSA) is 142 Å². The Kier molecular flexibility index (Phi) is 9.23. The number of carboxylic acid groups (broad SMARTS) is 2. The van der Waals surface area contributed by atoms with Crippen LogP contribution in [0.25, 0.3) is 11.1 Å². The number of rotatable bonds is 9. The predicted octanol–water partition coefficient (Wildman–Crippen LogP) is 6.39. The first-order chi connectivity index (χ1) is 21.6. The standard InChI is InChI=1S/C34H37ClN2O8S/c1-33(2,3)45-32(42)36-17-15-25(16-18-36)29-20-34(29,31(40)41)37(21-22-5-4-6-26(19-22)30(38)39)46(43,44)28-13-9-24(10-14-28)23-7-11-27(35)12-8-23/h4-14,19,25,29H,15-18,20-21H2,1-3H3,(H,38,39)(H,40,41). The number of carboxylic acids is 2. The van der Waals surface area contributed by atoms with Gasteiger partial charge in [-0.25, -0.2) is 18.0 Å². The molecule has 244 valence electrons. The normalized spacial score (nSPS) is 20.4. The van der Waals surface area contributed by atoms with E-state index in [1.54, 1.807) is 56.0 Å². The summed E-state index contributed by atoms with van der Waals surface area (Å²) in [6, 6.07) is 19.2. The third kappa shape index (κ3) is 6.91. The quantitative estimate of drug-likeness (QED) is 0.267. The molecule has 2 atom stereocenters. The fraction of sp³-hybridized carbons (Fsp3) is 0.382. The first-order valence-corrected chi connectivity index (χ1v) is 16.9. The minimum atomic E-state index is -4.39. The Labute approximate surface area is 273 Å². The summed E-state index contributed by atoms with van der Waals surface area (Å²) in [7, 11) is -4.39. The van der Waals surface area contributed by atoms with Gasteiger partial charge in [0, 0.05) is 24.7 Å². The van der Waals surface area contributed by atoms with Gasteiger partial charge < -0.3 is 19.8 Å². The smallest absolute Gasteiger partial charge is 0.410 e. The Morgan fingerprint density at radius 3 is 2.09 bits per heavy atom. The van der Waals surface area contributed by atoms with Crippen molar-refractivity contribution < 1.29 is 37.8 Å². The van der Waals surface area contributed by atoms with Crippen LogP contribution >= 0.6 is 11.6 Å². The Hall–Kier alpha value is -3.93. The molecule has 2 aliphatic rings. The molecular weight excluding hydrogens is 632 g/mol. The summed E-state index contributed by atoms with van der Waals surface area (Å²) >= 11 is 6.01. The van der Waals surface area contributed by atoms with Gasteiger partial charge in [-0.05, 0) is 105 Å². The van der Waals surface area contributed by atoms with Crippen LogP contribution in [0.5, 0.6) is 0 Å². The molecular formula is C34H37ClN2O8S. The van der Waals surface area contributed by atoms with E-state index >= 15 is 0 Å². The molecule has 10 nitrogen and oxygen atoms in total. The van der Waals surface area contributed by atoms with Crippen molar-refractivity contribution >= 4 is 39.7 Å². The SMILES string of the molecule is CC(C)(C)OC(=O)N1CCC(C2CC2(C(=O)O)N(Cc2cccc(C(=O)O)c2)S(=O)(=O)c2ccc(-c3ccc(Cl)cc3)cc2)CC1. The maximum absolute atomic E-state index is 14.4. The lowest BCUT2D eigenvalue weighted by molar-refractivity contribution is -0.144. The number of halogens is 1. The number of aliphatic carboxylic acids is 1. The van der Waals surface area contributed by atoms with Crippen LogP contribution < -0.4 is 0 Å². The molecule has 1 aliphatic heterocycles. The molecule has 0 radical (unpaired) electrons. The van der Waals surface area contributed by atoms with Gasteiger partial charge in [0.25, 0.3) is 0 Å². The van der Waals surface area contributed by atoms with Crippen LogP contribution in [0.1, 0.15) is 56.0 Å². The van der Waals surface area contributed by atoms with Gasteiger partial charge in [-0.2, -0.15) is 4.31 Å². The fourth-order valence-corrected chi connectivity index (χ4v) is 8.18. The highest BCUT2D eigenvalue weighted by atomic mass is 35.5. The van der Waals surface area contributed by atoms with Crippen molar-refractivity contribution in [2.45, 2.75) is 62.6 Å². The Balaban J connectivity index is 1.46. The molecule has 1 heterocycles. The summed E-state index contributed by atoms with van der Waals surface area (Å²) in [5.41, 5.74) is -0.488. The Bertz CT molecular complexity index is 1730. The van der Waals surface area contributed by atoms with E-state index in [1.807, 2.05) is 12.1 Å². The van der Waals surface area contributed by atoms with Crippen molar-refractivity contribution in [1.82, 2.24) is 9.21 Å². The Morgan fingerprint density at radius 1 is 0.957 bits per heavy atom. The lowest BCUT2D eigenvalue weighted by Gasteiger charge is -2.35. The number of piperidine rings is 1. The van der Waals surface area contributed by atoms with Gasteiger partial charge in [0.1, 0.15) is 11.1 Å². The number of ether oxygens (including phenoxy) is 1. The van der Waals surface area contributed by atoms with Crippen molar-refractivity contribution in [2.24, 2.45) is 11.8 Å². The average molecular weight is 669 g/mol. The number of aromatic carboxylic acids is 1. The minimum Gasteiger partial charge on any atom is -0.480 e. The molecule has 12 heteroatoms.